The molecule has 1 fully saturated rings. The van der Waals surface area contributed by atoms with Crippen molar-refractivity contribution >= 4 is 11.8 Å². The fourth-order valence-electron chi connectivity index (χ4n) is 2.10. The summed E-state index contributed by atoms with van der Waals surface area (Å²) >= 11 is 0. The number of nitrogens with zero attached hydrogens (tertiary/aromatic N) is 4. The predicted molar refractivity (Wildman–Crippen MR) is 70.7 cm³/mol. The topological polar surface area (TPSA) is 90.5 Å². The van der Waals surface area contributed by atoms with Crippen LogP contribution in [0, 0.1) is 10.1 Å². The Balaban J connectivity index is 2.16. The highest BCUT2D eigenvalue weighted by Gasteiger charge is 2.52. The molecule has 0 N–H and O–H groups in total. The number of amides is 1. The molecule has 22 heavy (non-hydrogen) atoms. The molecule has 0 aromatic carbocycles. The lowest BCUT2D eigenvalue weighted by Crippen LogP contribution is -2.36. The minimum absolute atomic E-state index is 0.333. The number of aromatic nitrogens is 2. The minimum atomic E-state index is -3.25. The number of halogens is 2. The molecule has 1 amide bonds. The third kappa shape index (κ3) is 3.31. The van der Waals surface area contributed by atoms with Gasteiger partial charge in [0, 0.05) is 0 Å². The quantitative estimate of drug-likeness (QED) is 0.616. The van der Waals surface area contributed by atoms with Gasteiger partial charge in [-0.2, -0.15) is 5.10 Å². The molecule has 1 aromatic rings. The molecule has 1 atom stereocenters. The smallest absolute Gasteiger partial charge is 0.410 e. The van der Waals surface area contributed by atoms with E-state index in [-0.39, 0.29) is 12.2 Å². The van der Waals surface area contributed by atoms with Gasteiger partial charge < -0.3 is 4.74 Å². The molecule has 0 saturated carbocycles. The highest BCUT2D eigenvalue weighted by atomic mass is 19.3. The van der Waals surface area contributed by atoms with Crippen LogP contribution in [0.5, 0.6) is 0 Å². The normalized spacial score (nSPS) is 21.0. The zero-order chi connectivity index (χ0) is 16.7. The van der Waals surface area contributed by atoms with Crippen molar-refractivity contribution in [2.75, 3.05) is 13.1 Å². The lowest BCUT2D eigenvalue weighted by molar-refractivity contribution is -0.385. The molecule has 0 bridgehead atoms. The molecule has 1 unspecified atom stereocenters. The van der Waals surface area contributed by atoms with E-state index >= 15 is 0 Å². The van der Waals surface area contributed by atoms with Gasteiger partial charge in [-0.15, -0.1) is 0 Å². The number of likely N-dealkylation sites (tertiary alicyclic amines) is 1. The largest absolute Gasteiger partial charge is 0.444 e. The molecular weight excluding hydrogens is 302 g/mol. The first kappa shape index (κ1) is 16.1. The highest BCUT2D eigenvalue weighted by Crippen LogP contribution is 2.37. The van der Waals surface area contributed by atoms with E-state index in [1.807, 2.05) is 0 Å². The van der Waals surface area contributed by atoms with Crippen LogP contribution in [0.1, 0.15) is 26.8 Å². The van der Waals surface area contributed by atoms with E-state index in [9.17, 15) is 23.7 Å². The molecule has 1 saturated heterocycles. The van der Waals surface area contributed by atoms with Crippen LogP contribution in [0.4, 0.5) is 19.3 Å². The van der Waals surface area contributed by atoms with Crippen LogP contribution >= 0.6 is 0 Å². The molecule has 122 valence electrons. The van der Waals surface area contributed by atoms with Crippen molar-refractivity contribution in [2.24, 2.45) is 0 Å². The van der Waals surface area contributed by atoms with Gasteiger partial charge in [0.2, 0.25) is 0 Å². The molecule has 0 aliphatic carbocycles. The van der Waals surface area contributed by atoms with Crippen LogP contribution in [0.3, 0.4) is 0 Å². The standard InChI is InChI=1S/C12H16F2N4O4/c1-11(2,3)22-10(19)16-6-9(12(13,14)7-16)17-5-8(4-15-17)18(20)21/h4-5,9H,6-7H2,1-3H3. The fourth-order valence-corrected chi connectivity index (χ4v) is 2.10. The summed E-state index contributed by atoms with van der Waals surface area (Å²) in [5.41, 5.74) is -1.18. The first-order valence-corrected chi connectivity index (χ1v) is 6.54. The van der Waals surface area contributed by atoms with Crippen LogP contribution in [0.25, 0.3) is 0 Å². The van der Waals surface area contributed by atoms with E-state index in [1.165, 1.54) is 0 Å². The maximum Gasteiger partial charge on any atom is 0.410 e. The zero-order valence-corrected chi connectivity index (χ0v) is 12.3. The monoisotopic (exact) mass is 318 g/mol. The molecule has 10 heteroatoms. The Morgan fingerprint density at radius 1 is 1.55 bits per heavy atom. The number of carbonyl (C=O) groups is 1. The molecule has 1 aliphatic heterocycles. The van der Waals surface area contributed by atoms with E-state index in [4.69, 9.17) is 4.74 Å². The SMILES string of the molecule is CC(C)(C)OC(=O)N1CC(n2cc([N+](=O)[O-])cn2)C(F)(F)C1. The van der Waals surface area contributed by atoms with E-state index in [0.717, 1.165) is 22.0 Å². The average Bonchev–Trinajstić information content (AvgIpc) is 2.90. The summed E-state index contributed by atoms with van der Waals surface area (Å²) < 4.78 is 34.0. The lowest BCUT2D eigenvalue weighted by Gasteiger charge is -2.24. The van der Waals surface area contributed by atoms with Crippen molar-refractivity contribution in [1.29, 1.82) is 0 Å². The number of nitro groups is 1. The van der Waals surface area contributed by atoms with E-state index in [0.29, 0.717) is 0 Å². The van der Waals surface area contributed by atoms with Crippen molar-refractivity contribution in [1.82, 2.24) is 14.7 Å². The van der Waals surface area contributed by atoms with Gasteiger partial charge in [-0.3, -0.25) is 19.7 Å². The number of hydrogen-bond acceptors (Lipinski definition) is 5. The molecule has 0 spiro atoms. The van der Waals surface area contributed by atoms with Gasteiger partial charge in [0.25, 0.3) is 5.92 Å². The number of ether oxygens (including phenoxy) is 1. The number of alkyl halides is 2. The molecule has 1 aromatic heterocycles. The summed E-state index contributed by atoms with van der Waals surface area (Å²) in [7, 11) is 0. The van der Waals surface area contributed by atoms with E-state index in [1.54, 1.807) is 20.8 Å². The maximum absolute atomic E-state index is 14.1. The lowest BCUT2D eigenvalue weighted by atomic mass is 10.2. The van der Waals surface area contributed by atoms with Gasteiger partial charge in [-0.05, 0) is 20.8 Å². The Labute approximate surface area is 124 Å². The number of rotatable bonds is 2. The number of carbonyl (C=O) groups excluding carboxylic acids is 1. The Hall–Kier alpha value is -2.26. The van der Waals surface area contributed by atoms with Gasteiger partial charge in [-0.25, -0.2) is 13.6 Å². The minimum Gasteiger partial charge on any atom is -0.444 e. The van der Waals surface area contributed by atoms with Crippen LogP contribution in [0.2, 0.25) is 0 Å². The summed E-state index contributed by atoms with van der Waals surface area (Å²) in [5.74, 6) is -3.25. The van der Waals surface area contributed by atoms with Crippen molar-refractivity contribution in [2.45, 2.75) is 38.3 Å². The predicted octanol–water partition coefficient (Wildman–Crippen LogP) is 2.22. The summed E-state index contributed by atoms with van der Waals surface area (Å²) in [6.45, 7) is 3.75. The highest BCUT2D eigenvalue weighted by molar-refractivity contribution is 5.68. The summed E-state index contributed by atoms with van der Waals surface area (Å²) in [4.78, 5) is 22.6. The van der Waals surface area contributed by atoms with Crippen LogP contribution in [-0.4, -0.2) is 50.3 Å². The third-order valence-corrected chi connectivity index (χ3v) is 3.05. The van der Waals surface area contributed by atoms with Crippen molar-refractivity contribution < 1.29 is 23.2 Å². The van der Waals surface area contributed by atoms with E-state index < -0.39 is 35.1 Å². The van der Waals surface area contributed by atoms with E-state index in [2.05, 4.69) is 5.10 Å². The van der Waals surface area contributed by atoms with Crippen molar-refractivity contribution in [3.8, 4) is 0 Å². The Kier molecular flexibility index (Phi) is 3.80. The molecule has 1 aliphatic rings. The second-order valence-corrected chi connectivity index (χ2v) is 6.07. The third-order valence-electron chi connectivity index (χ3n) is 3.05. The fraction of sp³-hybridized carbons (Fsp3) is 0.667. The Morgan fingerprint density at radius 3 is 2.68 bits per heavy atom. The molecule has 8 nitrogen and oxygen atoms in total. The molecule has 0 radical (unpaired) electrons. The first-order valence-electron chi connectivity index (χ1n) is 6.54. The van der Waals surface area contributed by atoms with Crippen molar-refractivity contribution in [3.63, 3.8) is 0 Å². The summed E-state index contributed by atoms with van der Waals surface area (Å²) in [5, 5.41) is 14.2. The van der Waals surface area contributed by atoms with Gasteiger partial charge in [0.1, 0.15) is 24.0 Å². The van der Waals surface area contributed by atoms with Gasteiger partial charge >= 0.3 is 11.8 Å². The molecule has 2 heterocycles. The molecule has 2 rings (SSSR count). The van der Waals surface area contributed by atoms with Crippen LogP contribution < -0.4 is 0 Å². The van der Waals surface area contributed by atoms with Gasteiger partial charge in [-0.1, -0.05) is 0 Å². The van der Waals surface area contributed by atoms with Crippen LogP contribution in [0.15, 0.2) is 12.4 Å². The summed E-state index contributed by atoms with van der Waals surface area (Å²) in [6.07, 6.45) is 0.972. The Bertz CT molecular complexity index is 596. The summed E-state index contributed by atoms with van der Waals surface area (Å²) in [6, 6.07) is -1.46. The van der Waals surface area contributed by atoms with Crippen LogP contribution in [-0.2, 0) is 4.74 Å². The van der Waals surface area contributed by atoms with Crippen molar-refractivity contribution in [3.05, 3.63) is 22.5 Å². The maximum atomic E-state index is 14.1. The van der Waals surface area contributed by atoms with Gasteiger partial charge in [0.15, 0.2) is 0 Å². The number of hydrogen-bond donors (Lipinski definition) is 0. The first-order chi connectivity index (χ1) is 9.99. The Morgan fingerprint density at radius 2 is 2.18 bits per heavy atom. The second kappa shape index (κ2) is 5.18. The molecular formula is C12H16F2N4O4. The average molecular weight is 318 g/mol. The zero-order valence-electron chi connectivity index (χ0n) is 12.3. The van der Waals surface area contributed by atoms with Gasteiger partial charge in [0.05, 0.1) is 18.0 Å². The second-order valence-electron chi connectivity index (χ2n) is 6.07.